The van der Waals surface area contributed by atoms with Crippen LogP contribution in [0.4, 0.5) is 0 Å². The molecule has 0 spiro atoms. The second kappa shape index (κ2) is 8.53. The van der Waals surface area contributed by atoms with Gasteiger partial charge in [0.1, 0.15) is 5.75 Å². The van der Waals surface area contributed by atoms with Gasteiger partial charge in [0.2, 0.25) is 10.0 Å². The smallest absolute Gasteiger partial charge is 0.307 e. The molecule has 0 radical (unpaired) electrons. The highest BCUT2D eigenvalue weighted by Crippen LogP contribution is 2.34. The Bertz CT molecular complexity index is 1220. The van der Waals surface area contributed by atoms with Crippen LogP contribution in [0.15, 0.2) is 53.6 Å². The molecule has 1 fully saturated rings. The molecule has 1 aromatic heterocycles. The first-order valence-electron chi connectivity index (χ1n) is 10.0. The minimum absolute atomic E-state index is 0.105. The molecule has 31 heavy (non-hydrogen) atoms. The van der Waals surface area contributed by atoms with Gasteiger partial charge in [-0.15, -0.1) is 0 Å². The standard InChI is InChI=1S/C22H23ClN2O5S/c1-2-30-18-4-6-19(7-5-18)31(28,29)24-10-9-17(14-24)25-13-15(11-22(26)27)20-8-3-16(23)12-21(20)25/h3-8,12-13,17H,2,9-11,14H2,1H3,(H,26,27). The van der Waals surface area contributed by atoms with Crippen molar-refractivity contribution in [1.82, 2.24) is 8.87 Å². The summed E-state index contributed by atoms with van der Waals surface area (Å²) in [6.07, 6.45) is 2.33. The van der Waals surface area contributed by atoms with Crippen molar-refractivity contribution in [1.29, 1.82) is 0 Å². The van der Waals surface area contributed by atoms with Gasteiger partial charge in [-0.1, -0.05) is 17.7 Å². The predicted molar refractivity (Wildman–Crippen MR) is 118 cm³/mol. The number of fused-ring (bicyclic) bond motifs is 1. The van der Waals surface area contributed by atoms with Gasteiger partial charge in [0, 0.05) is 35.7 Å². The monoisotopic (exact) mass is 462 g/mol. The number of aliphatic carboxylic acids is 1. The number of sulfonamides is 1. The van der Waals surface area contributed by atoms with Crippen molar-refractivity contribution >= 4 is 38.5 Å². The van der Waals surface area contributed by atoms with E-state index in [4.69, 9.17) is 16.3 Å². The van der Waals surface area contributed by atoms with E-state index in [1.807, 2.05) is 23.8 Å². The van der Waals surface area contributed by atoms with Crippen LogP contribution in [0.1, 0.15) is 24.9 Å². The maximum atomic E-state index is 13.1. The molecule has 164 valence electrons. The van der Waals surface area contributed by atoms with E-state index in [9.17, 15) is 18.3 Å². The molecule has 4 rings (SSSR count). The molecule has 3 aromatic rings. The number of benzene rings is 2. The van der Waals surface area contributed by atoms with Gasteiger partial charge in [-0.25, -0.2) is 8.42 Å². The first-order chi connectivity index (χ1) is 14.8. The van der Waals surface area contributed by atoms with Gasteiger partial charge >= 0.3 is 5.97 Å². The summed E-state index contributed by atoms with van der Waals surface area (Å²) in [5.41, 5.74) is 1.50. The number of carbonyl (C=O) groups is 1. The lowest BCUT2D eigenvalue weighted by atomic mass is 10.1. The van der Waals surface area contributed by atoms with E-state index >= 15 is 0 Å². The summed E-state index contributed by atoms with van der Waals surface area (Å²) < 4.78 is 35.1. The highest BCUT2D eigenvalue weighted by Gasteiger charge is 2.34. The lowest BCUT2D eigenvalue weighted by Gasteiger charge is -2.18. The van der Waals surface area contributed by atoms with Crippen molar-refractivity contribution in [2.24, 2.45) is 0 Å². The third kappa shape index (κ3) is 4.28. The minimum atomic E-state index is -3.64. The van der Waals surface area contributed by atoms with Gasteiger partial charge in [0.25, 0.3) is 0 Å². The summed E-state index contributed by atoms with van der Waals surface area (Å²) >= 11 is 6.18. The van der Waals surface area contributed by atoms with Gasteiger partial charge in [0.15, 0.2) is 0 Å². The molecule has 1 aliphatic rings. The summed E-state index contributed by atoms with van der Waals surface area (Å²) in [5.74, 6) is -0.289. The van der Waals surface area contributed by atoms with E-state index in [1.165, 1.54) is 4.31 Å². The molecule has 1 saturated heterocycles. The van der Waals surface area contributed by atoms with Crippen molar-refractivity contribution < 1.29 is 23.1 Å². The minimum Gasteiger partial charge on any atom is -0.494 e. The molecule has 1 unspecified atom stereocenters. The highest BCUT2D eigenvalue weighted by molar-refractivity contribution is 7.89. The normalized spacial score (nSPS) is 17.3. The number of hydrogen-bond acceptors (Lipinski definition) is 4. The number of carboxylic acid groups (broad SMARTS) is 1. The maximum Gasteiger partial charge on any atom is 0.307 e. The quantitative estimate of drug-likeness (QED) is 0.574. The van der Waals surface area contributed by atoms with Crippen LogP contribution >= 0.6 is 11.6 Å². The van der Waals surface area contributed by atoms with Crippen LogP contribution in [-0.2, 0) is 21.2 Å². The Hall–Kier alpha value is -2.55. The Morgan fingerprint density at radius 3 is 2.65 bits per heavy atom. The van der Waals surface area contributed by atoms with Gasteiger partial charge in [0.05, 0.1) is 23.4 Å². The first-order valence-corrected chi connectivity index (χ1v) is 11.8. The zero-order valence-electron chi connectivity index (χ0n) is 17.0. The summed E-state index contributed by atoms with van der Waals surface area (Å²) in [7, 11) is -3.64. The summed E-state index contributed by atoms with van der Waals surface area (Å²) in [4.78, 5) is 11.5. The van der Waals surface area contributed by atoms with Crippen LogP contribution in [0.3, 0.4) is 0 Å². The number of carboxylic acids is 1. The van der Waals surface area contributed by atoms with Gasteiger partial charge in [-0.2, -0.15) is 4.31 Å². The van der Waals surface area contributed by atoms with Crippen molar-refractivity contribution in [2.75, 3.05) is 19.7 Å². The molecule has 9 heteroatoms. The number of halogens is 1. The molecule has 0 aliphatic carbocycles. The Balaban J connectivity index is 1.62. The van der Waals surface area contributed by atoms with Gasteiger partial charge in [-0.05, 0) is 55.3 Å². The molecule has 2 heterocycles. The summed E-state index contributed by atoms with van der Waals surface area (Å²) in [6, 6.07) is 11.7. The average Bonchev–Trinajstić information content (AvgIpc) is 3.34. The predicted octanol–water partition coefficient (Wildman–Crippen LogP) is 3.96. The maximum absolute atomic E-state index is 13.1. The van der Waals surface area contributed by atoms with Crippen LogP contribution in [0, 0.1) is 0 Å². The summed E-state index contributed by atoms with van der Waals surface area (Å²) in [5, 5.41) is 10.6. The number of rotatable bonds is 7. The molecule has 1 atom stereocenters. The number of ether oxygens (including phenoxy) is 1. The molecular formula is C22H23ClN2O5S. The van der Waals surface area contributed by atoms with E-state index in [0.717, 1.165) is 10.9 Å². The van der Waals surface area contributed by atoms with Crippen LogP contribution < -0.4 is 4.74 Å². The Morgan fingerprint density at radius 2 is 1.97 bits per heavy atom. The van der Waals surface area contributed by atoms with E-state index in [-0.39, 0.29) is 17.4 Å². The zero-order chi connectivity index (χ0) is 22.2. The lowest BCUT2D eigenvalue weighted by Crippen LogP contribution is -2.29. The second-order valence-electron chi connectivity index (χ2n) is 7.50. The van der Waals surface area contributed by atoms with Crippen molar-refractivity contribution in [3.63, 3.8) is 0 Å². The fraction of sp³-hybridized carbons (Fsp3) is 0.318. The molecule has 0 bridgehead atoms. The second-order valence-corrected chi connectivity index (χ2v) is 9.88. The van der Waals surface area contributed by atoms with Crippen LogP contribution in [0.25, 0.3) is 10.9 Å². The van der Waals surface area contributed by atoms with Crippen LogP contribution in [0.2, 0.25) is 5.02 Å². The Labute approximate surface area is 185 Å². The lowest BCUT2D eigenvalue weighted by molar-refractivity contribution is -0.136. The highest BCUT2D eigenvalue weighted by atomic mass is 35.5. The van der Waals surface area contributed by atoms with Gasteiger partial charge < -0.3 is 14.4 Å². The number of nitrogens with zero attached hydrogens (tertiary/aromatic N) is 2. The third-order valence-electron chi connectivity index (χ3n) is 5.51. The molecule has 2 aromatic carbocycles. The molecule has 1 N–H and O–H groups in total. The van der Waals surface area contributed by atoms with Crippen molar-refractivity contribution in [2.45, 2.75) is 30.7 Å². The van der Waals surface area contributed by atoms with Crippen molar-refractivity contribution in [3.05, 3.63) is 59.2 Å². The van der Waals surface area contributed by atoms with Crippen molar-refractivity contribution in [3.8, 4) is 5.75 Å². The Morgan fingerprint density at radius 1 is 1.23 bits per heavy atom. The van der Waals surface area contributed by atoms with E-state index < -0.39 is 16.0 Å². The van der Waals surface area contributed by atoms with Gasteiger partial charge in [-0.3, -0.25) is 4.79 Å². The number of aromatic nitrogens is 1. The molecule has 0 saturated carbocycles. The van der Waals surface area contributed by atoms with E-state index in [1.54, 1.807) is 36.4 Å². The van der Waals surface area contributed by atoms with Crippen LogP contribution in [-0.4, -0.2) is 48.1 Å². The molecule has 1 aliphatic heterocycles. The zero-order valence-corrected chi connectivity index (χ0v) is 18.6. The fourth-order valence-electron chi connectivity index (χ4n) is 4.08. The third-order valence-corrected chi connectivity index (χ3v) is 7.63. The fourth-order valence-corrected chi connectivity index (χ4v) is 5.74. The Kier molecular flexibility index (Phi) is 5.96. The van der Waals surface area contributed by atoms with E-state index in [0.29, 0.717) is 42.5 Å². The molecular weight excluding hydrogens is 440 g/mol. The molecule has 0 amide bonds. The largest absolute Gasteiger partial charge is 0.494 e. The molecule has 7 nitrogen and oxygen atoms in total. The summed E-state index contributed by atoms with van der Waals surface area (Å²) in [6.45, 7) is 3.07. The average molecular weight is 463 g/mol. The SMILES string of the molecule is CCOc1ccc(S(=O)(=O)N2CCC(n3cc(CC(=O)O)c4ccc(Cl)cc43)C2)cc1. The topological polar surface area (TPSA) is 88.8 Å². The first kappa shape index (κ1) is 21.7. The van der Waals surface area contributed by atoms with E-state index in [2.05, 4.69) is 0 Å². The van der Waals surface area contributed by atoms with Crippen LogP contribution in [0.5, 0.6) is 5.75 Å². The number of hydrogen-bond donors (Lipinski definition) is 1.